The largest absolute Gasteiger partial charge is 0.494 e. The Bertz CT molecular complexity index is 1090. The minimum atomic E-state index is -0.504. The average molecular weight is 390 g/mol. The first-order valence-electron chi connectivity index (χ1n) is 9.03. The molecule has 0 aliphatic rings. The van der Waals surface area contributed by atoms with Gasteiger partial charge in [0.15, 0.2) is 0 Å². The molecule has 29 heavy (non-hydrogen) atoms. The summed E-state index contributed by atoms with van der Waals surface area (Å²) < 4.78 is 16.3. The van der Waals surface area contributed by atoms with E-state index in [-0.39, 0.29) is 6.61 Å². The number of esters is 1. The summed E-state index contributed by atoms with van der Waals surface area (Å²) in [6.07, 6.45) is 6.19. The minimum Gasteiger partial charge on any atom is -0.494 e. The van der Waals surface area contributed by atoms with Crippen LogP contribution in [-0.4, -0.2) is 32.7 Å². The third-order valence-corrected chi connectivity index (χ3v) is 4.14. The van der Waals surface area contributed by atoms with E-state index in [0.29, 0.717) is 29.4 Å². The van der Waals surface area contributed by atoms with Crippen LogP contribution in [0.3, 0.4) is 0 Å². The van der Waals surface area contributed by atoms with Crippen molar-refractivity contribution in [1.82, 2.24) is 20.2 Å². The van der Waals surface area contributed by atoms with Gasteiger partial charge in [-0.1, -0.05) is 0 Å². The number of hydrogen-bond acceptors (Lipinski definition) is 7. The second-order valence-corrected chi connectivity index (χ2v) is 6.07. The van der Waals surface area contributed by atoms with Gasteiger partial charge >= 0.3 is 5.97 Å². The fraction of sp³-hybridized carbons (Fsp3) is 0.143. The maximum absolute atomic E-state index is 12.5. The van der Waals surface area contributed by atoms with Crippen LogP contribution in [0.1, 0.15) is 23.0 Å². The van der Waals surface area contributed by atoms with Gasteiger partial charge in [-0.15, -0.1) is 0 Å². The number of oxazole rings is 1. The Balaban J connectivity index is 1.42. The smallest absolute Gasteiger partial charge is 0.342 e. The number of aromatic nitrogens is 4. The summed E-state index contributed by atoms with van der Waals surface area (Å²) in [6, 6.07) is 11.0. The number of nitrogens with one attached hydrogen (secondary N) is 1. The molecule has 0 spiro atoms. The molecule has 4 aromatic rings. The van der Waals surface area contributed by atoms with Gasteiger partial charge < -0.3 is 13.9 Å². The Morgan fingerprint density at radius 1 is 1.10 bits per heavy atom. The number of carbonyl (C=O) groups is 1. The molecule has 8 heteroatoms. The van der Waals surface area contributed by atoms with Gasteiger partial charge in [0, 0.05) is 23.5 Å². The van der Waals surface area contributed by atoms with Crippen LogP contribution in [0, 0.1) is 0 Å². The Morgan fingerprint density at radius 2 is 1.90 bits per heavy atom. The number of aromatic amines is 1. The van der Waals surface area contributed by atoms with Gasteiger partial charge in [0.25, 0.3) is 0 Å². The Kier molecular flexibility index (Phi) is 5.33. The molecule has 8 nitrogen and oxygen atoms in total. The van der Waals surface area contributed by atoms with Crippen LogP contribution in [0.25, 0.3) is 22.7 Å². The number of rotatable bonds is 7. The maximum Gasteiger partial charge on any atom is 0.342 e. The quantitative estimate of drug-likeness (QED) is 0.478. The minimum absolute atomic E-state index is 0.0136. The van der Waals surface area contributed by atoms with Crippen LogP contribution in [0.15, 0.2) is 65.7 Å². The first-order chi connectivity index (χ1) is 14.2. The molecule has 146 valence electrons. The van der Waals surface area contributed by atoms with Crippen molar-refractivity contribution in [3.8, 4) is 28.5 Å². The van der Waals surface area contributed by atoms with E-state index in [1.807, 2.05) is 31.2 Å². The predicted molar refractivity (Wildman–Crippen MR) is 104 cm³/mol. The first-order valence-corrected chi connectivity index (χ1v) is 9.03. The van der Waals surface area contributed by atoms with E-state index in [2.05, 4.69) is 20.2 Å². The second kappa shape index (κ2) is 8.39. The molecule has 0 atom stereocenters. The lowest BCUT2D eigenvalue weighted by molar-refractivity contribution is 0.0469. The average Bonchev–Trinajstić information content (AvgIpc) is 3.43. The lowest BCUT2D eigenvalue weighted by atomic mass is 10.1. The first kappa shape index (κ1) is 18.4. The Morgan fingerprint density at radius 3 is 2.66 bits per heavy atom. The van der Waals surface area contributed by atoms with Crippen molar-refractivity contribution in [2.75, 3.05) is 6.61 Å². The molecule has 0 aliphatic carbocycles. The molecule has 1 N–H and O–H groups in total. The second-order valence-electron chi connectivity index (χ2n) is 6.07. The number of H-pyrrole nitrogens is 1. The van der Waals surface area contributed by atoms with E-state index < -0.39 is 5.97 Å². The molecular weight excluding hydrogens is 372 g/mol. The van der Waals surface area contributed by atoms with Crippen molar-refractivity contribution < 1.29 is 18.7 Å². The van der Waals surface area contributed by atoms with Gasteiger partial charge in [0.1, 0.15) is 29.9 Å². The van der Waals surface area contributed by atoms with Crippen LogP contribution in [0.5, 0.6) is 5.75 Å². The van der Waals surface area contributed by atoms with Gasteiger partial charge in [0.05, 0.1) is 18.5 Å². The highest BCUT2D eigenvalue weighted by atomic mass is 16.5. The van der Waals surface area contributed by atoms with Crippen molar-refractivity contribution >= 4 is 5.97 Å². The van der Waals surface area contributed by atoms with Crippen molar-refractivity contribution in [2.24, 2.45) is 0 Å². The fourth-order valence-electron chi connectivity index (χ4n) is 2.76. The number of nitrogens with zero attached hydrogens (tertiary/aromatic N) is 3. The van der Waals surface area contributed by atoms with Crippen LogP contribution in [0.4, 0.5) is 0 Å². The standard InChI is InChI=1S/C21H18N4O4/c1-2-27-17-5-3-15(4-6-17)20-24-16(12-28-20)13-29-21(26)18-11-23-25-19(18)14-7-9-22-10-8-14/h3-12H,2,13H2,1H3,(H,23,25). The monoisotopic (exact) mass is 390 g/mol. The molecule has 0 amide bonds. The van der Waals surface area contributed by atoms with Crippen LogP contribution < -0.4 is 4.74 Å². The zero-order valence-electron chi connectivity index (χ0n) is 15.7. The number of carbonyl (C=O) groups excluding carboxylic acids is 1. The molecule has 3 aromatic heterocycles. The molecule has 0 saturated heterocycles. The topological polar surface area (TPSA) is 103 Å². The molecule has 0 aliphatic heterocycles. The molecule has 0 unspecified atom stereocenters. The van der Waals surface area contributed by atoms with Crippen molar-refractivity contribution in [1.29, 1.82) is 0 Å². The molecule has 0 fully saturated rings. The zero-order chi connectivity index (χ0) is 20.1. The van der Waals surface area contributed by atoms with E-state index in [9.17, 15) is 4.79 Å². The number of benzene rings is 1. The zero-order valence-corrected chi connectivity index (χ0v) is 15.7. The lowest BCUT2D eigenvalue weighted by Gasteiger charge is -2.04. The number of hydrogen-bond donors (Lipinski definition) is 1. The summed E-state index contributed by atoms with van der Waals surface area (Å²) in [5, 5.41) is 6.77. The highest BCUT2D eigenvalue weighted by Gasteiger charge is 2.17. The van der Waals surface area contributed by atoms with E-state index in [1.165, 1.54) is 12.5 Å². The molecule has 1 aromatic carbocycles. The van der Waals surface area contributed by atoms with Crippen LogP contribution in [0.2, 0.25) is 0 Å². The number of ether oxygens (including phenoxy) is 2. The van der Waals surface area contributed by atoms with Gasteiger partial charge in [-0.3, -0.25) is 10.1 Å². The van der Waals surface area contributed by atoms with E-state index in [1.54, 1.807) is 24.5 Å². The summed E-state index contributed by atoms with van der Waals surface area (Å²) in [4.78, 5) is 20.8. The Hall–Kier alpha value is -3.94. The third kappa shape index (κ3) is 4.16. The lowest BCUT2D eigenvalue weighted by Crippen LogP contribution is -2.06. The fourth-order valence-corrected chi connectivity index (χ4v) is 2.76. The molecular formula is C21H18N4O4. The molecule has 0 radical (unpaired) electrons. The normalized spacial score (nSPS) is 10.7. The predicted octanol–water partition coefficient (Wildman–Crippen LogP) is 3.88. The van der Waals surface area contributed by atoms with Crippen molar-refractivity contribution in [3.05, 3.63) is 72.5 Å². The van der Waals surface area contributed by atoms with E-state index in [4.69, 9.17) is 13.9 Å². The maximum atomic E-state index is 12.5. The highest BCUT2D eigenvalue weighted by Crippen LogP contribution is 2.23. The van der Waals surface area contributed by atoms with Crippen LogP contribution in [-0.2, 0) is 11.3 Å². The molecule has 0 bridgehead atoms. The summed E-state index contributed by atoms with van der Waals surface area (Å²) in [5.74, 6) is 0.720. The van der Waals surface area contributed by atoms with Gasteiger partial charge in [-0.25, -0.2) is 9.78 Å². The summed E-state index contributed by atoms with van der Waals surface area (Å²) >= 11 is 0. The summed E-state index contributed by atoms with van der Waals surface area (Å²) in [6.45, 7) is 2.52. The third-order valence-electron chi connectivity index (χ3n) is 4.14. The van der Waals surface area contributed by atoms with Gasteiger partial charge in [0.2, 0.25) is 5.89 Å². The van der Waals surface area contributed by atoms with Crippen molar-refractivity contribution in [3.63, 3.8) is 0 Å². The van der Waals surface area contributed by atoms with E-state index >= 15 is 0 Å². The number of pyridine rings is 1. The van der Waals surface area contributed by atoms with Crippen molar-refractivity contribution in [2.45, 2.75) is 13.5 Å². The Labute approximate surface area is 166 Å². The van der Waals surface area contributed by atoms with E-state index in [0.717, 1.165) is 16.9 Å². The molecule has 0 saturated carbocycles. The highest BCUT2D eigenvalue weighted by molar-refractivity contribution is 5.95. The van der Waals surface area contributed by atoms with Gasteiger partial charge in [-0.05, 0) is 43.3 Å². The summed E-state index contributed by atoms with van der Waals surface area (Å²) in [7, 11) is 0. The summed E-state index contributed by atoms with van der Waals surface area (Å²) in [5.41, 5.74) is 3.03. The SMILES string of the molecule is CCOc1ccc(-c2nc(COC(=O)c3cn[nH]c3-c3ccncc3)co2)cc1. The molecule has 4 rings (SSSR count). The van der Waals surface area contributed by atoms with Crippen LogP contribution >= 0.6 is 0 Å². The van der Waals surface area contributed by atoms with Gasteiger partial charge in [-0.2, -0.15) is 5.10 Å². The molecule has 3 heterocycles.